The summed E-state index contributed by atoms with van der Waals surface area (Å²) in [6.45, 7) is 6.26. The molecular formula is C14H22BrClN2O. The minimum Gasteiger partial charge on any atom is -0.496 e. The van der Waals surface area contributed by atoms with Crippen LogP contribution in [0.4, 0.5) is 0 Å². The summed E-state index contributed by atoms with van der Waals surface area (Å²) in [4.78, 5) is 2.47. The molecule has 1 aliphatic heterocycles. The zero-order valence-electron chi connectivity index (χ0n) is 11.5. The van der Waals surface area contributed by atoms with E-state index in [1.807, 2.05) is 6.07 Å². The first-order valence-electron chi connectivity index (χ1n) is 6.31. The van der Waals surface area contributed by atoms with Gasteiger partial charge in [0.1, 0.15) is 5.75 Å². The van der Waals surface area contributed by atoms with E-state index in [0.29, 0.717) is 5.41 Å². The van der Waals surface area contributed by atoms with Crippen LogP contribution in [-0.4, -0.2) is 31.6 Å². The predicted molar refractivity (Wildman–Crippen MR) is 85.0 cm³/mol. The highest BCUT2D eigenvalue weighted by Gasteiger charge is 2.32. The third kappa shape index (κ3) is 4.09. The summed E-state index contributed by atoms with van der Waals surface area (Å²) in [6, 6.07) is 6.27. The molecule has 1 atom stereocenters. The Hall–Kier alpha value is -0.290. The maximum absolute atomic E-state index is 5.83. The zero-order chi connectivity index (χ0) is 13.2. The molecule has 19 heavy (non-hydrogen) atoms. The Balaban J connectivity index is 0.00000180. The summed E-state index contributed by atoms with van der Waals surface area (Å²) in [5.41, 5.74) is 7.44. The van der Waals surface area contributed by atoms with Crippen LogP contribution in [0.5, 0.6) is 5.75 Å². The highest BCUT2D eigenvalue weighted by Crippen LogP contribution is 2.31. The van der Waals surface area contributed by atoms with Crippen LogP contribution in [0.3, 0.4) is 0 Å². The van der Waals surface area contributed by atoms with Gasteiger partial charge < -0.3 is 10.5 Å². The molecule has 1 aromatic carbocycles. The fourth-order valence-corrected chi connectivity index (χ4v) is 3.08. The van der Waals surface area contributed by atoms with Gasteiger partial charge in [0, 0.05) is 13.1 Å². The van der Waals surface area contributed by atoms with Crippen molar-refractivity contribution < 1.29 is 4.74 Å². The number of benzene rings is 1. The molecule has 1 fully saturated rings. The number of nitrogens with two attached hydrogens (primary N) is 1. The Bertz CT molecular complexity index is 430. The van der Waals surface area contributed by atoms with E-state index >= 15 is 0 Å². The summed E-state index contributed by atoms with van der Waals surface area (Å²) in [5.74, 6) is 0.881. The van der Waals surface area contributed by atoms with Gasteiger partial charge in [0.15, 0.2) is 0 Å². The lowest BCUT2D eigenvalue weighted by molar-refractivity contribution is 0.274. The molecule has 1 aromatic rings. The van der Waals surface area contributed by atoms with Gasteiger partial charge in [-0.3, -0.25) is 4.90 Å². The van der Waals surface area contributed by atoms with Crippen molar-refractivity contribution >= 4 is 28.3 Å². The van der Waals surface area contributed by atoms with Crippen LogP contribution in [0.15, 0.2) is 22.7 Å². The van der Waals surface area contributed by atoms with Gasteiger partial charge in [-0.25, -0.2) is 0 Å². The van der Waals surface area contributed by atoms with Gasteiger partial charge in [-0.05, 0) is 58.6 Å². The third-order valence-electron chi connectivity index (χ3n) is 3.75. The van der Waals surface area contributed by atoms with Crippen molar-refractivity contribution in [1.82, 2.24) is 4.90 Å². The first-order chi connectivity index (χ1) is 8.56. The Kier molecular flexibility index (Phi) is 6.12. The molecule has 1 heterocycles. The van der Waals surface area contributed by atoms with Crippen LogP contribution in [0.2, 0.25) is 0 Å². The van der Waals surface area contributed by atoms with Gasteiger partial charge in [-0.1, -0.05) is 13.0 Å². The van der Waals surface area contributed by atoms with E-state index in [0.717, 1.165) is 36.4 Å². The molecular weight excluding hydrogens is 328 g/mol. The number of ether oxygens (including phenoxy) is 1. The van der Waals surface area contributed by atoms with Crippen LogP contribution in [0.1, 0.15) is 18.9 Å². The minimum atomic E-state index is 0. The average Bonchev–Trinajstić information content (AvgIpc) is 2.72. The molecule has 1 saturated heterocycles. The third-order valence-corrected chi connectivity index (χ3v) is 4.37. The number of nitrogens with zero attached hydrogens (tertiary/aromatic N) is 1. The summed E-state index contributed by atoms with van der Waals surface area (Å²) in [5, 5.41) is 0. The second kappa shape index (κ2) is 6.93. The topological polar surface area (TPSA) is 38.5 Å². The van der Waals surface area contributed by atoms with Crippen LogP contribution in [-0.2, 0) is 6.54 Å². The molecule has 0 saturated carbocycles. The van der Waals surface area contributed by atoms with Crippen LogP contribution >= 0.6 is 28.3 Å². The highest BCUT2D eigenvalue weighted by molar-refractivity contribution is 9.10. The predicted octanol–water partition coefficient (Wildman–Crippen LogP) is 3.05. The van der Waals surface area contributed by atoms with Crippen molar-refractivity contribution in [1.29, 1.82) is 0 Å². The van der Waals surface area contributed by atoms with Crippen molar-refractivity contribution in [3.63, 3.8) is 0 Å². The Morgan fingerprint density at radius 2 is 2.21 bits per heavy atom. The summed E-state index contributed by atoms with van der Waals surface area (Å²) >= 11 is 3.53. The fraction of sp³-hybridized carbons (Fsp3) is 0.571. The monoisotopic (exact) mass is 348 g/mol. The van der Waals surface area contributed by atoms with E-state index in [-0.39, 0.29) is 12.4 Å². The maximum Gasteiger partial charge on any atom is 0.133 e. The number of likely N-dealkylation sites (tertiary alicyclic amines) is 1. The van der Waals surface area contributed by atoms with Gasteiger partial charge in [0.2, 0.25) is 0 Å². The normalized spacial score (nSPS) is 23.2. The molecule has 5 heteroatoms. The van der Waals surface area contributed by atoms with Gasteiger partial charge in [-0.15, -0.1) is 12.4 Å². The number of rotatable bonds is 4. The van der Waals surface area contributed by atoms with Crippen LogP contribution in [0, 0.1) is 5.41 Å². The lowest BCUT2D eigenvalue weighted by Crippen LogP contribution is -2.31. The molecule has 3 nitrogen and oxygen atoms in total. The number of methoxy groups -OCH3 is 1. The van der Waals surface area contributed by atoms with Crippen molar-refractivity contribution in [2.24, 2.45) is 11.1 Å². The van der Waals surface area contributed by atoms with Crippen molar-refractivity contribution in [3.8, 4) is 5.75 Å². The SMILES string of the molecule is COc1ccc(CN2CCC(C)(CN)C2)cc1Br.Cl. The number of hydrogen-bond acceptors (Lipinski definition) is 3. The first kappa shape index (κ1) is 16.8. The minimum absolute atomic E-state index is 0. The second-order valence-electron chi connectivity index (χ2n) is 5.44. The standard InChI is InChI=1S/C14H21BrN2O.ClH/c1-14(9-16)5-6-17(10-14)8-11-3-4-13(18-2)12(15)7-11;/h3-4,7H,5-6,8-10,16H2,1-2H3;1H. The molecule has 1 unspecified atom stereocenters. The molecule has 1 aliphatic rings. The quantitative estimate of drug-likeness (QED) is 0.908. The molecule has 0 bridgehead atoms. The van der Waals surface area contributed by atoms with E-state index in [4.69, 9.17) is 10.5 Å². The van der Waals surface area contributed by atoms with Crippen LogP contribution in [0.25, 0.3) is 0 Å². The number of hydrogen-bond donors (Lipinski definition) is 1. The maximum atomic E-state index is 5.83. The number of halogens is 2. The van der Waals surface area contributed by atoms with Gasteiger partial charge in [-0.2, -0.15) is 0 Å². The Morgan fingerprint density at radius 1 is 1.47 bits per heavy atom. The van der Waals surface area contributed by atoms with E-state index in [1.54, 1.807) is 7.11 Å². The lowest BCUT2D eigenvalue weighted by atomic mass is 9.90. The summed E-state index contributed by atoms with van der Waals surface area (Å²) in [6.07, 6.45) is 1.20. The average molecular weight is 350 g/mol. The molecule has 0 aliphatic carbocycles. The molecule has 0 aromatic heterocycles. The van der Waals surface area contributed by atoms with Gasteiger partial charge in [0.05, 0.1) is 11.6 Å². The van der Waals surface area contributed by atoms with Crippen molar-refractivity contribution in [2.45, 2.75) is 19.9 Å². The largest absolute Gasteiger partial charge is 0.496 e. The smallest absolute Gasteiger partial charge is 0.133 e. The Morgan fingerprint density at radius 3 is 2.74 bits per heavy atom. The second-order valence-corrected chi connectivity index (χ2v) is 6.30. The van der Waals surface area contributed by atoms with E-state index in [1.165, 1.54) is 12.0 Å². The molecule has 0 radical (unpaired) electrons. The molecule has 2 rings (SSSR count). The van der Waals surface area contributed by atoms with Crippen molar-refractivity contribution in [2.75, 3.05) is 26.7 Å². The van der Waals surface area contributed by atoms with E-state index in [9.17, 15) is 0 Å². The summed E-state index contributed by atoms with van der Waals surface area (Å²) < 4.78 is 6.26. The van der Waals surface area contributed by atoms with Gasteiger partial charge >= 0.3 is 0 Å². The Labute approximate surface area is 130 Å². The molecule has 0 spiro atoms. The molecule has 0 amide bonds. The highest BCUT2D eigenvalue weighted by atomic mass is 79.9. The summed E-state index contributed by atoms with van der Waals surface area (Å²) in [7, 11) is 1.69. The first-order valence-corrected chi connectivity index (χ1v) is 7.10. The van der Waals surface area contributed by atoms with Gasteiger partial charge in [0.25, 0.3) is 0 Å². The zero-order valence-corrected chi connectivity index (χ0v) is 13.9. The van der Waals surface area contributed by atoms with E-state index in [2.05, 4.69) is 39.9 Å². The fourth-order valence-electron chi connectivity index (χ4n) is 2.49. The van der Waals surface area contributed by atoms with E-state index < -0.39 is 0 Å². The lowest BCUT2D eigenvalue weighted by Gasteiger charge is -2.22. The van der Waals surface area contributed by atoms with Crippen LogP contribution < -0.4 is 10.5 Å². The molecule has 2 N–H and O–H groups in total. The molecule has 108 valence electrons. The van der Waals surface area contributed by atoms with Crippen molar-refractivity contribution in [3.05, 3.63) is 28.2 Å².